The molecule has 1 aromatic rings. The fraction of sp³-hybridized carbons (Fsp3) is 0.364. The highest BCUT2D eigenvalue weighted by atomic mass is 16.1. The van der Waals surface area contributed by atoms with Crippen molar-refractivity contribution in [3.05, 3.63) is 29.3 Å². The van der Waals surface area contributed by atoms with Gasteiger partial charge in [0.05, 0.1) is 6.42 Å². The Kier molecular flexibility index (Phi) is 2.50. The molecule has 0 radical (unpaired) electrons. The van der Waals surface area contributed by atoms with Crippen LogP contribution in [0.15, 0.2) is 18.2 Å². The number of benzene rings is 1. The summed E-state index contributed by atoms with van der Waals surface area (Å²) < 4.78 is 0. The summed E-state index contributed by atoms with van der Waals surface area (Å²) in [5, 5.41) is 2.82. The van der Waals surface area contributed by atoms with Crippen molar-refractivity contribution in [2.75, 3.05) is 11.9 Å². The van der Waals surface area contributed by atoms with E-state index in [1.54, 1.807) is 0 Å². The zero-order valence-electron chi connectivity index (χ0n) is 8.05. The summed E-state index contributed by atoms with van der Waals surface area (Å²) in [5.74, 6) is 0.0935. The van der Waals surface area contributed by atoms with Crippen LogP contribution >= 0.6 is 0 Å². The number of carbonyl (C=O) groups excluding carboxylic acids is 1. The van der Waals surface area contributed by atoms with Crippen LogP contribution in [0.5, 0.6) is 0 Å². The van der Waals surface area contributed by atoms with E-state index in [-0.39, 0.29) is 5.91 Å². The van der Waals surface area contributed by atoms with Crippen molar-refractivity contribution in [3.63, 3.8) is 0 Å². The lowest BCUT2D eigenvalue weighted by molar-refractivity contribution is -0.115. The van der Waals surface area contributed by atoms with Gasteiger partial charge in [-0.1, -0.05) is 12.1 Å². The number of anilines is 1. The van der Waals surface area contributed by atoms with Crippen LogP contribution in [0.1, 0.15) is 17.5 Å². The average Bonchev–Trinajstić information content (AvgIpc) is 2.54. The van der Waals surface area contributed by atoms with Gasteiger partial charge in [-0.3, -0.25) is 4.79 Å². The van der Waals surface area contributed by atoms with Crippen molar-refractivity contribution in [2.45, 2.75) is 19.3 Å². The molecule has 1 heterocycles. The smallest absolute Gasteiger partial charge is 0.228 e. The van der Waals surface area contributed by atoms with E-state index < -0.39 is 0 Å². The van der Waals surface area contributed by atoms with E-state index in [4.69, 9.17) is 5.73 Å². The third kappa shape index (κ3) is 1.77. The van der Waals surface area contributed by atoms with E-state index >= 15 is 0 Å². The van der Waals surface area contributed by atoms with E-state index in [0.717, 1.165) is 24.1 Å². The number of nitrogens with one attached hydrogen (secondary N) is 1. The fourth-order valence-corrected chi connectivity index (χ4v) is 1.74. The highest BCUT2D eigenvalue weighted by Crippen LogP contribution is 2.24. The molecule has 3 N–H and O–H groups in total. The lowest BCUT2D eigenvalue weighted by Crippen LogP contribution is -2.03. The monoisotopic (exact) mass is 190 g/mol. The topological polar surface area (TPSA) is 55.1 Å². The second kappa shape index (κ2) is 3.80. The van der Waals surface area contributed by atoms with E-state index in [9.17, 15) is 4.79 Å². The second-order valence-electron chi connectivity index (χ2n) is 3.61. The van der Waals surface area contributed by atoms with Gasteiger partial charge in [0.25, 0.3) is 0 Å². The molecule has 0 saturated heterocycles. The molecule has 1 aliphatic heterocycles. The second-order valence-corrected chi connectivity index (χ2v) is 3.61. The Bertz CT molecular complexity index is 360. The molecule has 0 unspecified atom stereocenters. The number of nitrogens with two attached hydrogens (primary N) is 1. The summed E-state index contributed by atoms with van der Waals surface area (Å²) in [4.78, 5) is 11.1. The largest absolute Gasteiger partial charge is 0.330 e. The van der Waals surface area contributed by atoms with E-state index in [1.165, 1.54) is 5.56 Å². The van der Waals surface area contributed by atoms with E-state index in [2.05, 4.69) is 17.4 Å². The first-order valence-corrected chi connectivity index (χ1v) is 4.91. The van der Waals surface area contributed by atoms with Gasteiger partial charge < -0.3 is 11.1 Å². The summed E-state index contributed by atoms with van der Waals surface area (Å²) in [7, 11) is 0. The Hall–Kier alpha value is -1.35. The summed E-state index contributed by atoms with van der Waals surface area (Å²) >= 11 is 0. The van der Waals surface area contributed by atoms with Crippen LogP contribution in [0.3, 0.4) is 0 Å². The maximum atomic E-state index is 11.1. The normalized spacial score (nSPS) is 13.9. The molecule has 0 saturated carbocycles. The molecule has 1 aromatic carbocycles. The van der Waals surface area contributed by atoms with Gasteiger partial charge in [-0.25, -0.2) is 0 Å². The predicted octanol–water partition coefficient (Wildman–Crippen LogP) is 1.07. The first-order chi connectivity index (χ1) is 6.79. The Morgan fingerprint density at radius 1 is 1.43 bits per heavy atom. The van der Waals surface area contributed by atoms with Crippen LogP contribution in [0.25, 0.3) is 0 Å². The van der Waals surface area contributed by atoms with Gasteiger partial charge in [0.1, 0.15) is 0 Å². The lowest BCUT2D eigenvalue weighted by Gasteiger charge is -2.02. The molecule has 2 rings (SSSR count). The van der Waals surface area contributed by atoms with Gasteiger partial charge in [0.15, 0.2) is 0 Å². The molecule has 74 valence electrons. The molecule has 0 aromatic heterocycles. The SMILES string of the molecule is NCCCc1ccc2c(c1)CC(=O)N2. The molecule has 0 atom stereocenters. The van der Waals surface area contributed by atoms with Crippen molar-refractivity contribution in [3.8, 4) is 0 Å². The number of hydrogen-bond acceptors (Lipinski definition) is 2. The molecule has 0 bridgehead atoms. The minimum absolute atomic E-state index is 0.0935. The van der Waals surface area contributed by atoms with Gasteiger partial charge >= 0.3 is 0 Å². The van der Waals surface area contributed by atoms with Gasteiger partial charge in [0.2, 0.25) is 5.91 Å². The number of carbonyl (C=O) groups is 1. The van der Waals surface area contributed by atoms with Gasteiger partial charge in [-0.05, 0) is 36.6 Å². The Balaban J connectivity index is 2.16. The molecule has 0 spiro atoms. The standard InChI is InChI=1S/C11H14N2O/c12-5-1-2-8-3-4-10-9(6-8)7-11(14)13-10/h3-4,6H,1-2,5,7,12H2,(H,13,14). The minimum Gasteiger partial charge on any atom is -0.330 e. The third-order valence-corrected chi connectivity index (χ3v) is 2.46. The summed E-state index contributed by atoms with van der Waals surface area (Å²) in [6, 6.07) is 6.13. The van der Waals surface area contributed by atoms with Crippen LogP contribution in [0, 0.1) is 0 Å². The Morgan fingerprint density at radius 3 is 3.07 bits per heavy atom. The molecule has 3 heteroatoms. The van der Waals surface area contributed by atoms with Crippen LogP contribution in [-0.2, 0) is 17.6 Å². The third-order valence-electron chi connectivity index (χ3n) is 2.46. The van der Waals surface area contributed by atoms with Crippen LogP contribution in [0.4, 0.5) is 5.69 Å². The van der Waals surface area contributed by atoms with Crippen molar-refractivity contribution >= 4 is 11.6 Å². The maximum absolute atomic E-state index is 11.1. The summed E-state index contributed by atoms with van der Waals surface area (Å²) in [6.07, 6.45) is 2.52. The quantitative estimate of drug-likeness (QED) is 0.749. The molecule has 14 heavy (non-hydrogen) atoms. The molecule has 1 amide bonds. The average molecular weight is 190 g/mol. The van der Waals surface area contributed by atoms with Gasteiger partial charge in [0, 0.05) is 5.69 Å². The number of aryl methyl sites for hydroxylation is 1. The summed E-state index contributed by atoms with van der Waals surface area (Å²) in [5.41, 5.74) is 8.79. The first-order valence-electron chi connectivity index (χ1n) is 4.91. The number of amides is 1. The molecule has 0 fully saturated rings. The number of rotatable bonds is 3. The van der Waals surface area contributed by atoms with Gasteiger partial charge in [-0.15, -0.1) is 0 Å². The zero-order chi connectivity index (χ0) is 9.97. The highest BCUT2D eigenvalue weighted by molar-refractivity contribution is 5.99. The maximum Gasteiger partial charge on any atom is 0.228 e. The Labute approximate surface area is 83.3 Å². The Morgan fingerprint density at radius 2 is 2.29 bits per heavy atom. The van der Waals surface area contributed by atoms with Crippen molar-refractivity contribution in [1.29, 1.82) is 0 Å². The zero-order valence-corrected chi connectivity index (χ0v) is 8.05. The van der Waals surface area contributed by atoms with Gasteiger partial charge in [-0.2, -0.15) is 0 Å². The molecular formula is C11H14N2O. The van der Waals surface area contributed by atoms with Crippen LogP contribution in [-0.4, -0.2) is 12.5 Å². The lowest BCUT2D eigenvalue weighted by atomic mass is 10.0. The minimum atomic E-state index is 0.0935. The van der Waals surface area contributed by atoms with Crippen LogP contribution in [0.2, 0.25) is 0 Å². The van der Waals surface area contributed by atoms with Crippen molar-refractivity contribution < 1.29 is 4.79 Å². The molecule has 1 aliphatic rings. The molecule has 0 aliphatic carbocycles. The first kappa shape index (κ1) is 9.21. The fourth-order valence-electron chi connectivity index (χ4n) is 1.74. The van der Waals surface area contributed by atoms with Crippen molar-refractivity contribution in [2.24, 2.45) is 5.73 Å². The number of hydrogen-bond donors (Lipinski definition) is 2. The number of fused-ring (bicyclic) bond motifs is 1. The summed E-state index contributed by atoms with van der Waals surface area (Å²) in [6.45, 7) is 0.717. The molecule has 3 nitrogen and oxygen atoms in total. The van der Waals surface area contributed by atoms with Crippen molar-refractivity contribution in [1.82, 2.24) is 0 Å². The van der Waals surface area contributed by atoms with Crippen LogP contribution < -0.4 is 11.1 Å². The predicted molar refractivity (Wildman–Crippen MR) is 56.2 cm³/mol. The molecular weight excluding hydrogens is 176 g/mol. The highest BCUT2D eigenvalue weighted by Gasteiger charge is 2.16. The van der Waals surface area contributed by atoms with E-state index in [0.29, 0.717) is 13.0 Å². The van der Waals surface area contributed by atoms with E-state index in [1.807, 2.05) is 6.07 Å².